The molecule has 23 heavy (non-hydrogen) atoms. The van der Waals surface area contributed by atoms with E-state index in [4.69, 9.17) is 10.7 Å². The van der Waals surface area contributed by atoms with Crippen molar-refractivity contribution in [3.05, 3.63) is 45.7 Å². The van der Waals surface area contributed by atoms with Crippen molar-refractivity contribution in [3.8, 4) is 0 Å². The fraction of sp³-hybridized carbons (Fsp3) is 0.571. The number of nitrogens with two attached hydrogens (primary N) is 1. The van der Waals surface area contributed by atoms with E-state index in [1.54, 1.807) is 12.3 Å². The molecular weight excluding hydrogens is 300 g/mol. The largest absolute Gasteiger partial charge is 0.371 e. The second-order valence-electron chi connectivity index (χ2n) is 5.39. The molecule has 2 rings (SSSR count). The molecule has 0 saturated heterocycles. The van der Waals surface area contributed by atoms with E-state index in [1.807, 2.05) is 7.05 Å². The van der Waals surface area contributed by atoms with Gasteiger partial charge in [-0.15, -0.1) is 0 Å². The lowest BCUT2D eigenvalue weighted by molar-refractivity contribution is -0.465. The molecule has 9 heteroatoms. The van der Waals surface area contributed by atoms with E-state index >= 15 is 0 Å². The van der Waals surface area contributed by atoms with Gasteiger partial charge in [0.15, 0.2) is 0 Å². The van der Waals surface area contributed by atoms with E-state index in [-0.39, 0.29) is 5.82 Å². The van der Waals surface area contributed by atoms with Crippen molar-refractivity contribution < 1.29 is 9.86 Å². The number of hydrogen-bond acceptors (Lipinski definition) is 8. The van der Waals surface area contributed by atoms with E-state index in [2.05, 4.69) is 15.7 Å². The van der Waals surface area contributed by atoms with E-state index in [0.29, 0.717) is 12.2 Å². The minimum absolute atomic E-state index is 0.109. The Morgan fingerprint density at radius 3 is 2.91 bits per heavy atom. The van der Waals surface area contributed by atoms with Gasteiger partial charge < -0.3 is 26.1 Å². The number of likely N-dealkylation sites (N-methyl/N-ethyl adjacent to an activating group) is 1. The molecule has 0 aromatic carbocycles. The summed E-state index contributed by atoms with van der Waals surface area (Å²) in [6.45, 7) is 3.50. The lowest BCUT2D eigenvalue weighted by Gasteiger charge is -2.25. The quantitative estimate of drug-likeness (QED) is 0.298. The molecule has 0 saturated carbocycles. The molecule has 0 aromatic heterocycles. The van der Waals surface area contributed by atoms with Crippen LogP contribution in [0.1, 0.15) is 19.3 Å². The summed E-state index contributed by atoms with van der Waals surface area (Å²) < 4.78 is 0. The molecule has 9 nitrogen and oxygen atoms in total. The van der Waals surface area contributed by atoms with Crippen LogP contribution >= 0.6 is 0 Å². The molecule has 0 amide bonds. The smallest absolute Gasteiger partial charge is 0.355 e. The third-order valence-corrected chi connectivity index (χ3v) is 3.67. The van der Waals surface area contributed by atoms with E-state index in [9.17, 15) is 10.1 Å². The van der Waals surface area contributed by atoms with E-state index < -0.39 is 4.92 Å². The summed E-state index contributed by atoms with van der Waals surface area (Å²) >= 11 is 0. The first-order valence-electron chi connectivity index (χ1n) is 7.76. The summed E-state index contributed by atoms with van der Waals surface area (Å²) in [4.78, 5) is 17.7. The van der Waals surface area contributed by atoms with Gasteiger partial charge in [-0.3, -0.25) is 0 Å². The van der Waals surface area contributed by atoms with Crippen molar-refractivity contribution in [1.29, 1.82) is 0 Å². The van der Waals surface area contributed by atoms with Crippen molar-refractivity contribution in [2.45, 2.75) is 19.3 Å². The average Bonchev–Trinajstić information content (AvgIpc) is 3.02. The lowest BCUT2D eigenvalue weighted by atomic mass is 10.2. The Balaban J connectivity index is 1.82. The molecule has 2 aliphatic heterocycles. The Morgan fingerprint density at radius 1 is 1.39 bits per heavy atom. The highest BCUT2D eigenvalue weighted by Crippen LogP contribution is 2.29. The first kappa shape index (κ1) is 17.3. The maximum Gasteiger partial charge on any atom is 0.355 e. The van der Waals surface area contributed by atoms with E-state index in [1.165, 1.54) is 11.1 Å². The first-order chi connectivity index (χ1) is 11.1. The minimum atomic E-state index is -0.471. The monoisotopic (exact) mass is 324 g/mol. The van der Waals surface area contributed by atoms with E-state index in [0.717, 1.165) is 44.6 Å². The molecule has 128 valence electrons. The summed E-state index contributed by atoms with van der Waals surface area (Å²) in [6, 6.07) is 0. The number of hydroxylamine groups is 3. The third kappa shape index (κ3) is 4.44. The molecule has 0 radical (unpaired) electrons. The number of unbranched alkanes of at least 4 members (excludes halogenated alkanes) is 1. The van der Waals surface area contributed by atoms with Gasteiger partial charge >= 0.3 is 5.82 Å². The summed E-state index contributed by atoms with van der Waals surface area (Å²) in [5.41, 5.74) is 9.53. The number of nitro groups is 1. The van der Waals surface area contributed by atoms with Gasteiger partial charge in [0.25, 0.3) is 0 Å². The molecule has 0 atom stereocenters. The standard InChI is InChI=1S/C14H24N6O3/c1-18(10-3-2-8-16-9-4-7-15)12-5-6-14(20(21)22)19-13(12)11-17-23-19/h5-6,11,16-17H,2-4,7-10,15H2,1H3. The van der Waals surface area contributed by atoms with Gasteiger partial charge in [-0.25, -0.2) is 5.48 Å². The number of hydrogen-bond donors (Lipinski definition) is 3. The van der Waals surface area contributed by atoms with Gasteiger partial charge in [-0.2, -0.15) is 0 Å². The summed E-state index contributed by atoms with van der Waals surface area (Å²) in [7, 11) is 1.97. The molecule has 0 spiro atoms. The van der Waals surface area contributed by atoms with Crippen molar-refractivity contribution in [2.24, 2.45) is 5.73 Å². The molecule has 0 bridgehead atoms. The number of rotatable bonds is 10. The molecule has 0 unspecified atom stereocenters. The van der Waals surface area contributed by atoms with Crippen molar-refractivity contribution in [2.75, 3.05) is 33.2 Å². The van der Waals surface area contributed by atoms with Gasteiger partial charge in [0, 0.05) is 19.7 Å². The zero-order valence-corrected chi connectivity index (χ0v) is 13.3. The normalized spacial score (nSPS) is 16.3. The second kappa shape index (κ2) is 8.51. The highest BCUT2D eigenvalue weighted by molar-refractivity contribution is 5.37. The van der Waals surface area contributed by atoms with Gasteiger partial charge in [0.1, 0.15) is 0 Å². The molecule has 0 aromatic rings. The highest BCUT2D eigenvalue weighted by atomic mass is 16.8. The molecule has 4 N–H and O–H groups in total. The summed E-state index contributed by atoms with van der Waals surface area (Å²) in [5.74, 6) is -0.109. The third-order valence-electron chi connectivity index (χ3n) is 3.67. The number of nitrogens with one attached hydrogen (secondary N) is 2. The molecule has 2 aliphatic rings. The maximum atomic E-state index is 11.0. The molecular formula is C14H24N6O3. The van der Waals surface area contributed by atoms with Crippen molar-refractivity contribution in [1.82, 2.24) is 20.8 Å². The van der Waals surface area contributed by atoms with Crippen LogP contribution in [0.15, 0.2) is 35.6 Å². The zero-order chi connectivity index (χ0) is 16.7. The van der Waals surface area contributed by atoms with Crippen LogP contribution in [0.2, 0.25) is 0 Å². The van der Waals surface area contributed by atoms with Crippen LogP contribution in [0.25, 0.3) is 0 Å². The Hall–Kier alpha value is -2.10. The zero-order valence-electron chi connectivity index (χ0n) is 13.3. The molecule has 0 aliphatic carbocycles. The maximum absolute atomic E-state index is 11.0. The predicted molar refractivity (Wildman–Crippen MR) is 85.7 cm³/mol. The van der Waals surface area contributed by atoms with Crippen LogP contribution in [0, 0.1) is 10.1 Å². The fourth-order valence-corrected chi connectivity index (χ4v) is 2.43. The SMILES string of the molecule is CN(CCCCNCCCN)C1=CC=C([N+](=O)[O-])N2ONC=C12. The molecule has 0 fully saturated rings. The highest BCUT2D eigenvalue weighted by Gasteiger charge is 2.38. The van der Waals surface area contributed by atoms with Crippen LogP contribution < -0.4 is 16.5 Å². The summed E-state index contributed by atoms with van der Waals surface area (Å²) in [5, 5.41) is 15.5. The van der Waals surface area contributed by atoms with Gasteiger partial charge in [-0.05, 0) is 55.0 Å². The van der Waals surface area contributed by atoms with Crippen LogP contribution in [-0.2, 0) is 4.94 Å². The van der Waals surface area contributed by atoms with Gasteiger partial charge in [0.2, 0.25) is 5.70 Å². The first-order valence-corrected chi connectivity index (χ1v) is 7.76. The Morgan fingerprint density at radius 2 is 2.17 bits per heavy atom. The van der Waals surface area contributed by atoms with Crippen LogP contribution in [0.5, 0.6) is 0 Å². The summed E-state index contributed by atoms with van der Waals surface area (Å²) in [6.07, 6.45) is 7.90. The fourth-order valence-electron chi connectivity index (χ4n) is 2.43. The predicted octanol–water partition coefficient (Wildman–Crippen LogP) is 0.246. The lowest BCUT2D eigenvalue weighted by Crippen LogP contribution is -2.32. The Labute approximate surface area is 135 Å². The van der Waals surface area contributed by atoms with Crippen molar-refractivity contribution in [3.63, 3.8) is 0 Å². The van der Waals surface area contributed by atoms with Crippen LogP contribution in [0.3, 0.4) is 0 Å². The molecule has 2 heterocycles. The topological polar surface area (TPSA) is 109 Å². The van der Waals surface area contributed by atoms with Gasteiger partial charge in [0.05, 0.1) is 11.9 Å². The average molecular weight is 324 g/mol. The number of nitrogens with zero attached hydrogens (tertiary/aromatic N) is 3. The minimum Gasteiger partial charge on any atom is -0.371 e. The Kier molecular flexibility index (Phi) is 6.39. The van der Waals surface area contributed by atoms with Crippen LogP contribution in [0.4, 0.5) is 0 Å². The van der Waals surface area contributed by atoms with Gasteiger partial charge in [-0.1, -0.05) is 4.94 Å². The number of allylic oxidation sites excluding steroid dienone is 2. The number of fused-ring (bicyclic) bond motifs is 1. The van der Waals surface area contributed by atoms with Crippen molar-refractivity contribution >= 4 is 0 Å². The Bertz CT molecular complexity index is 517. The van der Waals surface area contributed by atoms with Crippen LogP contribution in [-0.4, -0.2) is 48.1 Å². The second-order valence-corrected chi connectivity index (χ2v) is 5.39.